The third-order valence-corrected chi connectivity index (χ3v) is 6.66. The molecule has 0 bridgehead atoms. The van der Waals surface area contributed by atoms with Crippen LogP contribution in [0.1, 0.15) is 11.1 Å². The molecule has 3 rings (SSSR count). The monoisotopic (exact) mass is 510 g/mol. The number of methoxy groups -OCH3 is 1. The Balaban J connectivity index is 1.83. The Morgan fingerprint density at radius 1 is 1.09 bits per heavy atom. The summed E-state index contributed by atoms with van der Waals surface area (Å²) >= 11 is 12.4. The Morgan fingerprint density at radius 2 is 1.76 bits per heavy atom. The summed E-state index contributed by atoms with van der Waals surface area (Å²) in [6.07, 6.45) is 1.67. The summed E-state index contributed by atoms with van der Waals surface area (Å²) in [6.45, 7) is 1.98. The molecule has 0 aliphatic carbocycles. The molecule has 2 aromatic carbocycles. The maximum absolute atomic E-state index is 12.1. The molecule has 33 heavy (non-hydrogen) atoms. The summed E-state index contributed by atoms with van der Waals surface area (Å²) in [5.74, 6) is 1.27. The lowest BCUT2D eigenvalue weighted by atomic mass is 10.1. The smallest absolute Gasteiger partial charge is 0.279 e. The maximum Gasteiger partial charge on any atom is 0.279 e. The van der Waals surface area contributed by atoms with Gasteiger partial charge < -0.3 is 15.4 Å². The van der Waals surface area contributed by atoms with E-state index in [2.05, 4.69) is 25.3 Å². The molecule has 3 aromatic rings. The highest BCUT2D eigenvalue weighted by atomic mass is 35.5. The van der Waals surface area contributed by atoms with Gasteiger partial charge in [0.1, 0.15) is 5.82 Å². The van der Waals surface area contributed by atoms with E-state index in [1.54, 1.807) is 18.3 Å². The normalized spacial score (nSPS) is 11.5. The Morgan fingerprint density at radius 3 is 2.39 bits per heavy atom. The SMILES string of the molecule is COc1c(Cl)cc(Nc2ncc(C)c(Nc3ccccc3CNS(=O)(=O)N(C)C)n2)cc1Cl. The van der Waals surface area contributed by atoms with Crippen molar-refractivity contribution < 1.29 is 13.2 Å². The zero-order valence-electron chi connectivity index (χ0n) is 18.5. The Bertz CT molecular complexity index is 1230. The fourth-order valence-corrected chi connectivity index (χ4v) is 4.04. The first-order valence-electron chi connectivity index (χ1n) is 9.76. The number of nitrogens with one attached hydrogen (secondary N) is 3. The first-order valence-corrected chi connectivity index (χ1v) is 12.0. The molecule has 0 saturated heterocycles. The second-order valence-electron chi connectivity index (χ2n) is 7.21. The van der Waals surface area contributed by atoms with Gasteiger partial charge in [-0.15, -0.1) is 0 Å². The first kappa shape index (κ1) is 25.0. The number of benzene rings is 2. The molecular formula is C21H24Cl2N6O3S. The molecule has 9 nitrogen and oxygen atoms in total. The van der Waals surface area contributed by atoms with Crippen molar-refractivity contribution in [1.82, 2.24) is 19.0 Å². The lowest BCUT2D eigenvalue weighted by Crippen LogP contribution is -2.35. The predicted molar refractivity (Wildman–Crippen MR) is 132 cm³/mol. The van der Waals surface area contributed by atoms with Gasteiger partial charge in [-0.25, -0.2) is 4.98 Å². The van der Waals surface area contributed by atoms with Crippen molar-refractivity contribution in [2.75, 3.05) is 31.8 Å². The Labute approximate surface area is 203 Å². The minimum atomic E-state index is -3.56. The van der Waals surface area contributed by atoms with Crippen molar-refractivity contribution in [3.05, 3.63) is 63.8 Å². The minimum absolute atomic E-state index is 0.113. The molecule has 0 spiro atoms. The van der Waals surface area contributed by atoms with Crippen molar-refractivity contribution in [2.45, 2.75) is 13.5 Å². The zero-order valence-corrected chi connectivity index (χ0v) is 20.8. The quantitative estimate of drug-likeness (QED) is 0.389. The van der Waals surface area contributed by atoms with Crippen molar-refractivity contribution in [1.29, 1.82) is 0 Å². The maximum atomic E-state index is 12.1. The number of hydrogen-bond acceptors (Lipinski definition) is 7. The van der Waals surface area contributed by atoms with E-state index in [1.165, 1.54) is 21.2 Å². The number of rotatable bonds is 9. The van der Waals surface area contributed by atoms with Crippen molar-refractivity contribution >= 4 is 56.6 Å². The van der Waals surface area contributed by atoms with Crippen LogP contribution in [0.5, 0.6) is 5.75 Å². The molecule has 0 fully saturated rings. The molecule has 12 heteroatoms. The fraction of sp³-hybridized carbons (Fsp3) is 0.238. The van der Waals surface area contributed by atoms with Crippen molar-refractivity contribution in [3.8, 4) is 5.75 Å². The topological polar surface area (TPSA) is 108 Å². The number of nitrogens with zero attached hydrogens (tertiary/aromatic N) is 3. The second-order valence-corrected chi connectivity index (χ2v) is 10.00. The number of aromatic nitrogens is 2. The highest BCUT2D eigenvalue weighted by molar-refractivity contribution is 7.87. The zero-order chi connectivity index (χ0) is 24.2. The molecule has 0 unspecified atom stereocenters. The van der Waals surface area contributed by atoms with E-state index in [0.717, 1.165) is 15.4 Å². The number of ether oxygens (including phenoxy) is 1. The third kappa shape index (κ3) is 6.24. The molecule has 0 radical (unpaired) electrons. The Kier molecular flexibility index (Phi) is 7.98. The van der Waals surface area contributed by atoms with E-state index >= 15 is 0 Å². The van der Waals surface area contributed by atoms with Gasteiger partial charge in [0, 0.05) is 43.8 Å². The number of aryl methyl sites for hydroxylation is 1. The highest BCUT2D eigenvalue weighted by Gasteiger charge is 2.15. The van der Waals surface area contributed by atoms with Gasteiger partial charge in [-0.2, -0.15) is 22.4 Å². The molecule has 3 N–H and O–H groups in total. The van der Waals surface area contributed by atoms with E-state index in [1.807, 2.05) is 31.2 Å². The highest BCUT2D eigenvalue weighted by Crippen LogP contribution is 2.36. The fourth-order valence-electron chi connectivity index (χ4n) is 2.81. The summed E-state index contributed by atoms with van der Waals surface area (Å²) < 4.78 is 33.0. The molecule has 176 valence electrons. The largest absolute Gasteiger partial charge is 0.494 e. The predicted octanol–water partition coefficient (Wildman–Crippen LogP) is 4.48. The van der Waals surface area contributed by atoms with Crippen LogP contribution in [0.3, 0.4) is 0 Å². The van der Waals surface area contributed by atoms with Gasteiger partial charge in [0.05, 0.1) is 17.2 Å². The van der Waals surface area contributed by atoms with Crippen LogP contribution >= 0.6 is 23.2 Å². The van der Waals surface area contributed by atoms with E-state index in [4.69, 9.17) is 27.9 Å². The van der Waals surface area contributed by atoms with E-state index in [9.17, 15) is 8.42 Å². The minimum Gasteiger partial charge on any atom is -0.494 e. The van der Waals surface area contributed by atoms with Crippen LogP contribution in [-0.2, 0) is 16.8 Å². The van der Waals surface area contributed by atoms with Crippen LogP contribution in [0.4, 0.5) is 23.1 Å². The number of para-hydroxylation sites is 1. The summed E-state index contributed by atoms with van der Waals surface area (Å²) in [5, 5.41) is 7.05. The van der Waals surface area contributed by atoms with Crippen LogP contribution < -0.4 is 20.1 Å². The summed E-state index contributed by atoms with van der Waals surface area (Å²) in [6, 6.07) is 10.7. The van der Waals surface area contributed by atoms with Crippen LogP contribution in [-0.4, -0.2) is 43.9 Å². The van der Waals surface area contributed by atoms with Crippen molar-refractivity contribution in [2.24, 2.45) is 0 Å². The summed E-state index contributed by atoms with van der Waals surface area (Å²) in [7, 11) is 0.866. The molecule has 0 amide bonds. The van der Waals surface area contributed by atoms with Gasteiger partial charge in [0.2, 0.25) is 5.95 Å². The van der Waals surface area contributed by atoms with Crippen LogP contribution in [0.25, 0.3) is 0 Å². The lowest BCUT2D eigenvalue weighted by molar-refractivity contribution is 0.415. The lowest BCUT2D eigenvalue weighted by Gasteiger charge is -2.16. The Hall–Kier alpha value is -2.63. The van der Waals surface area contributed by atoms with Crippen molar-refractivity contribution in [3.63, 3.8) is 0 Å². The van der Waals surface area contributed by atoms with Gasteiger partial charge in [-0.05, 0) is 30.7 Å². The molecule has 0 saturated carbocycles. The third-order valence-electron chi connectivity index (χ3n) is 4.63. The molecule has 1 aromatic heterocycles. The number of hydrogen-bond donors (Lipinski definition) is 3. The average molecular weight is 511 g/mol. The van der Waals surface area contributed by atoms with Crippen LogP contribution in [0.2, 0.25) is 10.0 Å². The second kappa shape index (κ2) is 10.5. The average Bonchev–Trinajstić information content (AvgIpc) is 2.75. The molecule has 1 heterocycles. The van der Waals surface area contributed by atoms with Gasteiger partial charge in [0.25, 0.3) is 10.2 Å². The van der Waals surface area contributed by atoms with Gasteiger partial charge in [-0.1, -0.05) is 41.4 Å². The molecule has 0 aliphatic heterocycles. The van der Waals surface area contributed by atoms with Crippen LogP contribution in [0, 0.1) is 6.92 Å². The number of halogens is 2. The first-order chi connectivity index (χ1) is 15.6. The van der Waals surface area contributed by atoms with E-state index in [0.29, 0.717) is 38.9 Å². The van der Waals surface area contributed by atoms with Gasteiger partial charge in [-0.3, -0.25) is 0 Å². The summed E-state index contributed by atoms with van der Waals surface area (Å²) in [4.78, 5) is 8.86. The summed E-state index contributed by atoms with van der Waals surface area (Å²) in [5.41, 5.74) is 2.86. The van der Waals surface area contributed by atoms with E-state index < -0.39 is 10.2 Å². The molecule has 0 aliphatic rings. The van der Waals surface area contributed by atoms with Crippen LogP contribution in [0.15, 0.2) is 42.6 Å². The standard InChI is InChI=1S/C21H24Cl2N6O3S/c1-13-11-24-21(26-15-9-16(22)19(32-4)17(23)10-15)28-20(13)27-18-8-6-5-7-14(18)12-25-33(30,31)29(2)3/h5-11,25H,12H2,1-4H3,(H2,24,26,27,28). The van der Waals surface area contributed by atoms with Gasteiger partial charge >= 0.3 is 0 Å². The number of anilines is 4. The molecular weight excluding hydrogens is 487 g/mol. The van der Waals surface area contributed by atoms with Gasteiger partial charge in [0.15, 0.2) is 5.75 Å². The molecule has 0 atom stereocenters. The van der Waals surface area contributed by atoms with E-state index in [-0.39, 0.29) is 6.54 Å².